The fourth-order valence-corrected chi connectivity index (χ4v) is 0. The molecule has 0 aliphatic carbocycles. The maximum Gasteiger partial charge on any atom is 0.394 e. The summed E-state index contributed by atoms with van der Waals surface area (Å²) in [6, 6.07) is 0. The van der Waals surface area contributed by atoms with E-state index in [0.29, 0.717) is 0 Å². The van der Waals surface area contributed by atoms with Gasteiger partial charge in [0.2, 0.25) is 0 Å². The van der Waals surface area contributed by atoms with Crippen LogP contribution in [-0.4, -0.2) is 17.5 Å². The number of nitrogens with two attached hydrogens (primary N) is 1. The van der Waals surface area contributed by atoms with Gasteiger partial charge < -0.3 is 6.15 Å². The molecule has 0 aromatic rings. The summed E-state index contributed by atoms with van der Waals surface area (Å²) < 4.78 is 31.6. The Labute approximate surface area is 54.9 Å². The Morgan fingerprint density at radius 1 is 1.14 bits per heavy atom. The molecular weight excluding hydrogens is 216 g/mol. The minimum atomic E-state index is -4.67. The van der Waals surface area contributed by atoms with Gasteiger partial charge in [-0.25, -0.2) is 0 Å². The summed E-state index contributed by atoms with van der Waals surface area (Å²) >= 11 is 0. The van der Waals surface area contributed by atoms with E-state index in [1.54, 1.807) is 0 Å². The third kappa shape index (κ3) is 541. The Hall–Kier alpha value is 0.492. The summed E-state index contributed by atoms with van der Waals surface area (Å²) in [6.45, 7) is 0. The molecule has 0 heterocycles. The molecule has 0 unspecified atom stereocenters. The van der Waals surface area contributed by atoms with Crippen LogP contribution in [0.25, 0.3) is 6.15 Å². The van der Waals surface area contributed by atoms with E-state index in [4.69, 9.17) is 17.5 Å². The minimum absolute atomic E-state index is 0. The topological polar surface area (TPSA) is 108 Å². The second-order valence-electron chi connectivity index (χ2n) is 0.448. The van der Waals surface area contributed by atoms with Gasteiger partial charge in [-0.3, -0.25) is 9.11 Å². The molecule has 4 N–H and O–H groups in total. The first-order chi connectivity index (χ1) is 2.00. The molecule has 0 rings (SSSR count). The number of rotatable bonds is 0. The monoisotopic (exact) mass is 220 g/mol. The minimum Gasteiger partial charge on any atom is -0.693 e. The van der Waals surface area contributed by atoms with E-state index in [2.05, 4.69) is 0 Å². The Morgan fingerprint density at radius 2 is 1.14 bits per heavy atom. The van der Waals surface area contributed by atoms with Crippen LogP contribution in [-0.2, 0) is 30.8 Å². The van der Waals surface area contributed by atoms with E-state index in [-0.39, 0.29) is 26.6 Å². The second kappa shape index (κ2) is 4.65. The van der Waals surface area contributed by atoms with Crippen molar-refractivity contribution in [3.05, 3.63) is 6.15 Å². The van der Waals surface area contributed by atoms with Crippen LogP contribution in [0.15, 0.2) is 0 Å². The van der Waals surface area contributed by atoms with E-state index in [9.17, 15) is 0 Å². The van der Waals surface area contributed by atoms with Crippen molar-refractivity contribution in [1.29, 1.82) is 0 Å². The van der Waals surface area contributed by atoms with Crippen LogP contribution in [0.4, 0.5) is 0 Å². The maximum absolute atomic E-state index is 8.74. The molecule has 0 bridgehead atoms. The van der Waals surface area contributed by atoms with E-state index < -0.39 is 10.4 Å². The Morgan fingerprint density at radius 3 is 1.14 bits per heavy atom. The van der Waals surface area contributed by atoms with Gasteiger partial charge in [0.15, 0.2) is 0 Å². The molecule has 0 saturated heterocycles. The zero-order chi connectivity index (χ0) is 4.50. The van der Waals surface area contributed by atoms with Gasteiger partial charge in [-0.05, 0) is 0 Å². The fourth-order valence-electron chi connectivity index (χ4n) is 0. The smallest absolute Gasteiger partial charge is 0.394 e. The Balaban J connectivity index is -0.0000000800. The number of hydrogen-bond acceptors (Lipinski definition) is 2. The zero-order valence-electron chi connectivity index (χ0n) is 3.01. The van der Waals surface area contributed by atoms with E-state index in [0.717, 1.165) is 0 Å². The van der Waals surface area contributed by atoms with Crippen LogP contribution in [0, 0.1) is 0 Å². The summed E-state index contributed by atoms with van der Waals surface area (Å²) in [6.07, 6.45) is 0. The van der Waals surface area contributed by atoms with Crippen molar-refractivity contribution in [2.45, 2.75) is 0 Å². The molecule has 0 saturated carbocycles. The normalized spacial score (nSPS) is 8.29. The van der Waals surface area contributed by atoms with Crippen molar-refractivity contribution in [1.82, 2.24) is 0 Å². The van der Waals surface area contributed by atoms with Crippen molar-refractivity contribution in [2.24, 2.45) is 0 Å². The predicted octanol–water partition coefficient (Wildman–Crippen LogP) is 0.0618. The van der Waals surface area contributed by atoms with Crippen molar-refractivity contribution in [2.75, 3.05) is 0 Å². The van der Waals surface area contributed by atoms with Gasteiger partial charge in [-0.1, -0.05) is 0 Å². The molecule has 5 nitrogen and oxygen atoms in total. The van der Waals surface area contributed by atoms with Crippen LogP contribution in [0.3, 0.4) is 0 Å². The molecule has 0 fully saturated rings. The van der Waals surface area contributed by atoms with Crippen molar-refractivity contribution < 1.29 is 37.9 Å². The molecule has 0 amide bonds. The van der Waals surface area contributed by atoms with Crippen LogP contribution < -0.4 is 0 Å². The largest absolute Gasteiger partial charge is 0.693 e. The average molecular weight is 221 g/mol. The first kappa shape index (κ1) is 15.6. The molecule has 0 spiro atoms. The fraction of sp³-hybridized carbons (Fsp3) is 0. The van der Waals surface area contributed by atoms with Gasteiger partial charge in [0.1, 0.15) is 0 Å². The standard InChI is InChI=1S/H2N.H2O4S.Pd/c;1-5(2,3)4;/h1H2;(H2,1,2,3,4);/q-1;;. The van der Waals surface area contributed by atoms with Gasteiger partial charge in [0, 0.05) is 20.4 Å². The van der Waals surface area contributed by atoms with Gasteiger partial charge in [0.25, 0.3) is 0 Å². The van der Waals surface area contributed by atoms with E-state index in [1.807, 2.05) is 0 Å². The summed E-state index contributed by atoms with van der Waals surface area (Å²) in [5.74, 6) is 0. The molecule has 50 valence electrons. The quantitative estimate of drug-likeness (QED) is 0.444. The van der Waals surface area contributed by atoms with Crippen LogP contribution in [0.1, 0.15) is 0 Å². The molecule has 7 heavy (non-hydrogen) atoms. The first-order valence-electron chi connectivity index (χ1n) is 0.698. The summed E-state index contributed by atoms with van der Waals surface area (Å²) in [5.41, 5.74) is 0. The molecule has 0 atom stereocenters. The molecule has 0 aliphatic rings. The maximum atomic E-state index is 8.74. The molecule has 0 aliphatic heterocycles. The third-order valence-electron chi connectivity index (χ3n) is 0. The number of hydrogen-bond donors (Lipinski definition) is 2. The van der Waals surface area contributed by atoms with Crippen LogP contribution in [0.2, 0.25) is 0 Å². The van der Waals surface area contributed by atoms with Crippen molar-refractivity contribution in [3.8, 4) is 0 Å². The van der Waals surface area contributed by atoms with Crippen molar-refractivity contribution in [3.63, 3.8) is 0 Å². The first-order valence-corrected chi connectivity index (χ1v) is 2.10. The van der Waals surface area contributed by atoms with Gasteiger partial charge >= 0.3 is 10.4 Å². The molecular formula is H4NO4PdS-. The second-order valence-corrected chi connectivity index (χ2v) is 1.34. The summed E-state index contributed by atoms with van der Waals surface area (Å²) in [4.78, 5) is 0. The predicted molar refractivity (Wildman–Crippen MR) is 19.5 cm³/mol. The van der Waals surface area contributed by atoms with Gasteiger partial charge in [-0.15, -0.1) is 0 Å². The van der Waals surface area contributed by atoms with Crippen LogP contribution >= 0.6 is 0 Å². The average Bonchev–Trinajstić information content (AvgIpc) is 0.722. The van der Waals surface area contributed by atoms with Gasteiger partial charge in [0.05, 0.1) is 0 Å². The van der Waals surface area contributed by atoms with Crippen molar-refractivity contribution >= 4 is 10.4 Å². The van der Waals surface area contributed by atoms with E-state index in [1.165, 1.54) is 0 Å². The Bertz CT molecular complexity index is 94.9. The molecule has 0 aromatic heterocycles. The van der Waals surface area contributed by atoms with Crippen LogP contribution in [0.5, 0.6) is 0 Å². The van der Waals surface area contributed by atoms with E-state index >= 15 is 0 Å². The Kier molecular flexibility index (Phi) is 10.4. The SMILES string of the molecule is O=S(=O)(O)O.[NH2-].[Pd]. The zero-order valence-corrected chi connectivity index (χ0v) is 5.38. The molecule has 0 aromatic carbocycles. The summed E-state index contributed by atoms with van der Waals surface area (Å²) in [7, 11) is -4.67. The summed E-state index contributed by atoms with van der Waals surface area (Å²) in [5, 5.41) is 0. The molecule has 7 heteroatoms. The van der Waals surface area contributed by atoms with Gasteiger partial charge in [-0.2, -0.15) is 8.42 Å². The molecule has 0 radical (unpaired) electrons. The third-order valence-corrected chi connectivity index (χ3v) is 0.